The van der Waals surface area contributed by atoms with E-state index in [9.17, 15) is 5.11 Å². The molecule has 0 aromatic carbocycles. The monoisotopic (exact) mass is 303 g/mol. The number of fused-ring (bicyclic) bond motifs is 5. The van der Waals surface area contributed by atoms with Gasteiger partial charge in [-0.2, -0.15) is 9.61 Å². The molecule has 3 aromatic rings. The molecule has 1 atom stereocenters. The highest BCUT2D eigenvalue weighted by molar-refractivity contribution is 7.19. The molecule has 0 aliphatic heterocycles. The number of nitrogens with one attached hydrogen (secondary N) is 1. The van der Waals surface area contributed by atoms with E-state index < -0.39 is 6.10 Å². The fourth-order valence-electron chi connectivity index (χ4n) is 2.92. The quantitative estimate of drug-likeness (QED) is 0.774. The molecule has 0 saturated heterocycles. The van der Waals surface area contributed by atoms with Crippen LogP contribution < -0.4 is 5.32 Å². The Hall–Kier alpha value is -1.73. The summed E-state index contributed by atoms with van der Waals surface area (Å²) < 4.78 is 1.74. The van der Waals surface area contributed by atoms with Gasteiger partial charge in [0.05, 0.1) is 11.5 Å². The number of hydrogen-bond acceptors (Lipinski definition) is 6. The molecule has 0 saturated carbocycles. The van der Waals surface area contributed by atoms with Gasteiger partial charge in [-0.3, -0.25) is 0 Å². The number of anilines is 1. The highest BCUT2D eigenvalue weighted by atomic mass is 32.1. The molecular formula is C14H17N5OS. The lowest BCUT2D eigenvalue weighted by molar-refractivity contribution is 0.208. The first-order chi connectivity index (χ1) is 10.2. The summed E-state index contributed by atoms with van der Waals surface area (Å²) in [6, 6.07) is 0. The van der Waals surface area contributed by atoms with Crippen molar-refractivity contribution in [2.24, 2.45) is 0 Å². The average molecular weight is 303 g/mol. The van der Waals surface area contributed by atoms with Gasteiger partial charge < -0.3 is 10.4 Å². The third kappa shape index (κ3) is 2.08. The molecule has 3 heterocycles. The molecule has 3 aromatic heterocycles. The first-order valence-corrected chi connectivity index (χ1v) is 8.11. The maximum Gasteiger partial charge on any atom is 0.227 e. The molecule has 0 radical (unpaired) electrons. The smallest absolute Gasteiger partial charge is 0.227 e. The van der Waals surface area contributed by atoms with E-state index in [1.807, 2.05) is 0 Å². The average Bonchev–Trinajstić information content (AvgIpc) is 3.07. The van der Waals surface area contributed by atoms with Crippen LogP contribution in [0.5, 0.6) is 0 Å². The van der Waals surface area contributed by atoms with Crippen LogP contribution >= 0.6 is 11.3 Å². The summed E-state index contributed by atoms with van der Waals surface area (Å²) in [4.78, 5) is 11.6. The van der Waals surface area contributed by atoms with Gasteiger partial charge in [0.1, 0.15) is 11.2 Å². The molecule has 0 amide bonds. The van der Waals surface area contributed by atoms with E-state index in [1.54, 1.807) is 29.1 Å². The topological polar surface area (TPSA) is 75.3 Å². The fourth-order valence-corrected chi connectivity index (χ4v) is 4.18. The highest BCUT2D eigenvalue weighted by Crippen LogP contribution is 2.37. The van der Waals surface area contributed by atoms with Crippen molar-refractivity contribution in [3.05, 3.63) is 16.8 Å². The number of aryl methyl sites for hydroxylation is 2. The van der Waals surface area contributed by atoms with E-state index in [0.717, 1.165) is 28.7 Å². The minimum Gasteiger partial charge on any atom is -0.392 e. The van der Waals surface area contributed by atoms with Gasteiger partial charge in [-0.25, -0.2) is 9.97 Å². The molecule has 7 heteroatoms. The lowest BCUT2D eigenvalue weighted by Gasteiger charge is -2.11. The number of rotatable bonds is 3. The number of aromatic nitrogens is 4. The largest absolute Gasteiger partial charge is 0.392 e. The summed E-state index contributed by atoms with van der Waals surface area (Å²) >= 11 is 1.77. The van der Waals surface area contributed by atoms with Crippen LogP contribution in [0.3, 0.4) is 0 Å². The van der Waals surface area contributed by atoms with Crippen molar-refractivity contribution in [3.63, 3.8) is 0 Å². The van der Waals surface area contributed by atoms with Gasteiger partial charge in [0, 0.05) is 11.4 Å². The number of aliphatic hydroxyl groups is 1. The van der Waals surface area contributed by atoms with Crippen LogP contribution in [-0.4, -0.2) is 37.3 Å². The van der Waals surface area contributed by atoms with Crippen molar-refractivity contribution >= 4 is 33.1 Å². The first-order valence-electron chi connectivity index (χ1n) is 7.30. The lowest BCUT2D eigenvalue weighted by atomic mass is 9.97. The molecule has 0 bridgehead atoms. The Kier molecular flexibility index (Phi) is 3.04. The van der Waals surface area contributed by atoms with E-state index in [1.165, 1.54) is 23.3 Å². The van der Waals surface area contributed by atoms with E-state index >= 15 is 0 Å². The molecule has 4 rings (SSSR count). The molecule has 0 spiro atoms. The van der Waals surface area contributed by atoms with Crippen LogP contribution in [0.15, 0.2) is 6.33 Å². The number of hydrogen-bond donors (Lipinski definition) is 2. The van der Waals surface area contributed by atoms with Crippen LogP contribution in [0.1, 0.15) is 30.2 Å². The van der Waals surface area contributed by atoms with Gasteiger partial charge in [-0.15, -0.1) is 11.3 Å². The standard InChI is InChI=1S/C14H17N5OS/c1-8(20)6-15-14-18-13-11(12-16-7-17-19(12)14)9-4-2-3-5-10(9)21-13/h7-8,20H,2-6H2,1H3,(H,15,18)/t8-/m0/s1. The fraction of sp³-hybridized carbons (Fsp3) is 0.500. The van der Waals surface area contributed by atoms with Crippen LogP contribution in [0.4, 0.5) is 5.95 Å². The van der Waals surface area contributed by atoms with Crippen LogP contribution in [0.2, 0.25) is 0 Å². The van der Waals surface area contributed by atoms with Crippen molar-refractivity contribution in [1.29, 1.82) is 0 Å². The molecular weight excluding hydrogens is 286 g/mol. The number of thiophene rings is 1. The van der Waals surface area contributed by atoms with Crippen molar-refractivity contribution in [3.8, 4) is 0 Å². The molecule has 0 fully saturated rings. The van der Waals surface area contributed by atoms with Crippen LogP contribution in [0.25, 0.3) is 15.9 Å². The van der Waals surface area contributed by atoms with E-state index in [2.05, 4.69) is 15.4 Å². The zero-order valence-electron chi connectivity index (χ0n) is 11.8. The number of nitrogens with zero attached hydrogens (tertiary/aromatic N) is 4. The second kappa shape index (κ2) is 4.92. The first kappa shape index (κ1) is 13.0. The SMILES string of the molecule is C[C@H](O)CNc1nc2sc3c(c2c2ncnn12)CCCC3. The van der Waals surface area contributed by atoms with Gasteiger partial charge in [-0.1, -0.05) is 0 Å². The minimum atomic E-state index is -0.433. The predicted octanol–water partition coefficient (Wildman–Crippen LogP) is 2.01. The molecule has 1 aliphatic carbocycles. The van der Waals surface area contributed by atoms with Gasteiger partial charge in [0.2, 0.25) is 5.95 Å². The second-order valence-electron chi connectivity index (χ2n) is 5.55. The Balaban J connectivity index is 1.93. The molecule has 2 N–H and O–H groups in total. The molecule has 110 valence electrons. The lowest BCUT2D eigenvalue weighted by Crippen LogP contribution is -2.18. The third-order valence-corrected chi connectivity index (χ3v) is 5.07. The highest BCUT2D eigenvalue weighted by Gasteiger charge is 2.21. The molecule has 6 nitrogen and oxygen atoms in total. The zero-order chi connectivity index (χ0) is 14.4. The van der Waals surface area contributed by atoms with E-state index in [4.69, 9.17) is 4.98 Å². The van der Waals surface area contributed by atoms with Gasteiger partial charge >= 0.3 is 0 Å². The molecule has 1 aliphatic rings. The van der Waals surface area contributed by atoms with Crippen molar-refractivity contribution < 1.29 is 5.11 Å². The summed E-state index contributed by atoms with van der Waals surface area (Å²) in [6.07, 6.45) is 5.89. The van der Waals surface area contributed by atoms with E-state index in [-0.39, 0.29) is 0 Å². The Morgan fingerprint density at radius 1 is 1.43 bits per heavy atom. The Labute approximate surface area is 125 Å². The summed E-state index contributed by atoms with van der Waals surface area (Å²) in [5, 5.41) is 18.0. The molecule has 21 heavy (non-hydrogen) atoms. The Bertz CT molecular complexity index is 807. The van der Waals surface area contributed by atoms with Crippen molar-refractivity contribution in [2.45, 2.75) is 38.7 Å². The van der Waals surface area contributed by atoms with Gasteiger partial charge in [-0.05, 0) is 38.2 Å². The Morgan fingerprint density at radius 3 is 3.14 bits per heavy atom. The van der Waals surface area contributed by atoms with Crippen LogP contribution in [-0.2, 0) is 12.8 Å². The Morgan fingerprint density at radius 2 is 2.29 bits per heavy atom. The molecule has 0 unspecified atom stereocenters. The van der Waals surface area contributed by atoms with E-state index in [0.29, 0.717) is 12.5 Å². The van der Waals surface area contributed by atoms with Crippen molar-refractivity contribution in [2.75, 3.05) is 11.9 Å². The number of aliphatic hydroxyl groups excluding tert-OH is 1. The summed E-state index contributed by atoms with van der Waals surface area (Å²) in [7, 11) is 0. The summed E-state index contributed by atoms with van der Waals surface area (Å²) in [5.41, 5.74) is 2.28. The van der Waals surface area contributed by atoms with Gasteiger partial charge in [0.25, 0.3) is 0 Å². The van der Waals surface area contributed by atoms with Crippen LogP contribution in [0, 0.1) is 0 Å². The summed E-state index contributed by atoms with van der Waals surface area (Å²) in [6.45, 7) is 2.19. The summed E-state index contributed by atoms with van der Waals surface area (Å²) in [5.74, 6) is 0.648. The normalized spacial score (nSPS) is 16.3. The predicted molar refractivity (Wildman–Crippen MR) is 83.0 cm³/mol. The van der Waals surface area contributed by atoms with Gasteiger partial charge in [0.15, 0.2) is 5.65 Å². The minimum absolute atomic E-state index is 0.433. The zero-order valence-corrected chi connectivity index (χ0v) is 12.7. The second-order valence-corrected chi connectivity index (χ2v) is 6.64. The maximum atomic E-state index is 9.45. The maximum absolute atomic E-state index is 9.45. The van der Waals surface area contributed by atoms with Crippen molar-refractivity contribution in [1.82, 2.24) is 19.6 Å². The third-order valence-electron chi connectivity index (χ3n) is 3.89.